The number of carbonyl (C=O) groups is 4. The van der Waals surface area contributed by atoms with E-state index in [2.05, 4.69) is 5.32 Å². The van der Waals surface area contributed by atoms with Crippen LogP contribution < -0.4 is 10.2 Å². The number of carbonyl (C=O) groups excluding carboxylic acids is 3. The van der Waals surface area contributed by atoms with Crippen molar-refractivity contribution < 1.29 is 28.7 Å². The number of barbiturate groups is 1. The molecule has 2 heterocycles. The highest BCUT2D eigenvalue weighted by Gasteiger charge is 2.37. The number of furan rings is 1. The molecule has 31 heavy (non-hydrogen) atoms. The lowest BCUT2D eigenvalue weighted by Gasteiger charge is -2.26. The fraction of sp³-hybridized carbons (Fsp3) is 0. The van der Waals surface area contributed by atoms with Gasteiger partial charge in [-0.3, -0.25) is 14.9 Å². The Morgan fingerprint density at radius 2 is 1.77 bits per heavy atom. The molecule has 1 aromatic heterocycles. The van der Waals surface area contributed by atoms with Gasteiger partial charge in [-0.15, -0.1) is 0 Å². The van der Waals surface area contributed by atoms with Crippen molar-refractivity contribution in [2.75, 3.05) is 4.90 Å². The summed E-state index contributed by atoms with van der Waals surface area (Å²) in [6.07, 6.45) is 1.21. The molecule has 1 saturated heterocycles. The molecule has 0 atom stereocenters. The number of urea groups is 1. The van der Waals surface area contributed by atoms with Crippen molar-refractivity contribution in [1.29, 1.82) is 0 Å². The lowest BCUT2D eigenvalue weighted by atomic mass is 10.1. The molecular weight excluding hydrogens is 424 g/mol. The van der Waals surface area contributed by atoms with Crippen molar-refractivity contribution in [3.05, 3.63) is 82.6 Å². The summed E-state index contributed by atoms with van der Waals surface area (Å²) in [6.45, 7) is 0. The van der Waals surface area contributed by atoms with Gasteiger partial charge in [0, 0.05) is 5.56 Å². The van der Waals surface area contributed by atoms with Crippen LogP contribution in [0.3, 0.4) is 0 Å². The number of hydrogen-bond acceptors (Lipinski definition) is 5. The van der Waals surface area contributed by atoms with Gasteiger partial charge in [-0.25, -0.2) is 14.5 Å². The molecule has 1 fully saturated rings. The van der Waals surface area contributed by atoms with Crippen LogP contribution in [0, 0.1) is 0 Å². The number of hydrogen-bond donors (Lipinski definition) is 2. The second-order valence-corrected chi connectivity index (χ2v) is 6.90. The number of amides is 4. The second-order valence-electron chi connectivity index (χ2n) is 6.50. The van der Waals surface area contributed by atoms with Gasteiger partial charge in [0.15, 0.2) is 0 Å². The van der Waals surface area contributed by atoms with Gasteiger partial charge < -0.3 is 9.52 Å². The third-order valence-electron chi connectivity index (χ3n) is 4.51. The van der Waals surface area contributed by atoms with Crippen LogP contribution in [0.5, 0.6) is 0 Å². The number of nitrogens with zero attached hydrogens (tertiary/aromatic N) is 1. The third kappa shape index (κ3) is 3.84. The summed E-state index contributed by atoms with van der Waals surface area (Å²) in [6, 6.07) is 14.5. The summed E-state index contributed by atoms with van der Waals surface area (Å²) in [4.78, 5) is 49.4. The van der Waals surface area contributed by atoms with E-state index in [4.69, 9.17) is 21.1 Å². The van der Waals surface area contributed by atoms with Crippen LogP contribution in [-0.2, 0) is 9.59 Å². The maximum Gasteiger partial charge on any atom is 0.335 e. The number of para-hydroxylation sites is 1. The molecule has 4 amide bonds. The first kappa shape index (κ1) is 20.1. The number of rotatable bonds is 4. The summed E-state index contributed by atoms with van der Waals surface area (Å²) in [5.74, 6) is -2.39. The van der Waals surface area contributed by atoms with Crippen LogP contribution in [0.25, 0.3) is 17.4 Å². The highest BCUT2D eigenvalue weighted by Crippen LogP contribution is 2.31. The van der Waals surface area contributed by atoms with Crippen LogP contribution in [-0.4, -0.2) is 28.9 Å². The predicted molar refractivity (Wildman–Crippen MR) is 112 cm³/mol. The predicted octanol–water partition coefficient (Wildman–Crippen LogP) is 3.96. The minimum absolute atomic E-state index is 0.0227. The van der Waals surface area contributed by atoms with E-state index in [0.29, 0.717) is 11.3 Å². The van der Waals surface area contributed by atoms with Crippen molar-refractivity contribution in [3.8, 4) is 11.3 Å². The van der Waals surface area contributed by atoms with E-state index >= 15 is 0 Å². The van der Waals surface area contributed by atoms with Crippen LogP contribution in [0.2, 0.25) is 5.02 Å². The molecule has 0 spiro atoms. The van der Waals surface area contributed by atoms with Crippen molar-refractivity contribution >= 4 is 47.2 Å². The fourth-order valence-electron chi connectivity index (χ4n) is 3.03. The van der Waals surface area contributed by atoms with E-state index < -0.39 is 23.8 Å². The second kappa shape index (κ2) is 7.92. The van der Waals surface area contributed by atoms with Crippen molar-refractivity contribution in [1.82, 2.24) is 5.32 Å². The van der Waals surface area contributed by atoms with Crippen molar-refractivity contribution in [3.63, 3.8) is 0 Å². The lowest BCUT2D eigenvalue weighted by molar-refractivity contribution is -0.122. The molecule has 0 bridgehead atoms. The molecule has 2 N–H and O–H groups in total. The summed E-state index contributed by atoms with van der Waals surface area (Å²) in [7, 11) is 0. The van der Waals surface area contributed by atoms with E-state index in [9.17, 15) is 19.2 Å². The molecular formula is C22H13ClN2O6. The van der Waals surface area contributed by atoms with Gasteiger partial charge in [0.05, 0.1) is 16.3 Å². The van der Waals surface area contributed by atoms with Crippen molar-refractivity contribution in [2.45, 2.75) is 0 Å². The Morgan fingerprint density at radius 3 is 2.48 bits per heavy atom. The van der Waals surface area contributed by atoms with Crippen LogP contribution in [0.15, 0.2) is 70.7 Å². The molecule has 1 aliphatic rings. The first-order chi connectivity index (χ1) is 14.8. The van der Waals surface area contributed by atoms with E-state index in [-0.39, 0.29) is 27.7 Å². The Morgan fingerprint density at radius 1 is 1.03 bits per heavy atom. The molecule has 4 rings (SSSR count). The number of carboxylic acid groups (broad SMARTS) is 1. The molecule has 3 aromatic rings. The summed E-state index contributed by atoms with van der Waals surface area (Å²) in [5, 5.41) is 11.6. The highest BCUT2D eigenvalue weighted by molar-refractivity contribution is 6.39. The number of benzene rings is 2. The summed E-state index contributed by atoms with van der Waals surface area (Å²) < 4.78 is 5.66. The molecule has 2 aromatic carbocycles. The van der Waals surface area contributed by atoms with Gasteiger partial charge in [-0.2, -0.15) is 0 Å². The number of nitrogens with one attached hydrogen (secondary N) is 1. The number of halogens is 1. The minimum Gasteiger partial charge on any atom is -0.478 e. The zero-order valence-electron chi connectivity index (χ0n) is 15.7. The third-order valence-corrected chi connectivity index (χ3v) is 4.84. The molecule has 0 radical (unpaired) electrons. The van der Waals surface area contributed by atoms with Gasteiger partial charge in [0.1, 0.15) is 17.1 Å². The number of anilines is 1. The molecule has 9 heteroatoms. The Balaban J connectivity index is 1.69. The molecule has 0 unspecified atom stereocenters. The smallest absolute Gasteiger partial charge is 0.335 e. The average molecular weight is 437 g/mol. The first-order valence-corrected chi connectivity index (χ1v) is 9.32. The van der Waals surface area contributed by atoms with Gasteiger partial charge in [0.25, 0.3) is 11.8 Å². The van der Waals surface area contributed by atoms with Gasteiger partial charge in [-0.1, -0.05) is 29.8 Å². The Labute approximate surface area is 180 Å². The monoisotopic (exact) mass is 436 g/mol. The molecule has 154 valence electrons. The minimum atomic E-state index is -1.12. The van der Waals surface area contributed by atoms with E-state index in [1.807, 2.05) is 0 Å². The molecule has 1 aliphatic heterocycles. The Kier molecular flexibility index (Phi) is 5.14. The number of imide groups is 2. The molecule has 8 nitrogen and oxygen atoms in total. The Bertz CT molecular complexity index is 1260. The molecule has 0 saturated carbocycles. The SMILES string of the molecule is O=C1NC(=O)N(c2ccccc2)C(=O)/C1=C/c1ccc(-c2cc(C(=O)O)ccc2Cl)o1. The topological polar surface area (TPSA) is 117 Å². The fourth-order valence-corrected chi connectivity index (χ4v) is 3.24. The quantitative estimate of drug-likeness (QED) is 0.472. The van der Waals surface area contributed by atoms with Gasteiger partial charge in [-0.05, 0) is 48.5 Å². The lowest BCUT2D eigenvalue weighted by Crippen LogP contribution is -2.54. The number of carboxylic acids is 1. The maximum absolute atomic E-state index is 12.8. The van der Waals surface area contributed by atoms with Crippen molar-refractivity contribution in [2.24, 2.45) is 0 Å². The van der Waals surface area contributed by atoms with Gasteiger partial charge in [0.2, 0.25) is 0 Å². The average Bonchev–Trinajstić information content (AvgIpc) is 3.20. The van der Waals surface area contributed by atoms with E-state index in [1.54, 1.807) is 30.3 Å². The van der Waals surface area contributed by atoms with E-state index in [1.165, 1.54) is 36.4 Å². The van der Waals surface area contributed by atoms with Crippen LogP contribution in [0.4, 0.5) is 10.5 Å². The summed E-state index contributed by atoms with van der Waals surface area (Å²) in [5.41, 5.74) is 0.372. The zero-order chi connectivity index (χ0) is 22.1. The van der Waals surface area contributed by atoms with Crippen LogP contribution in [0.1, 0.15) is 16.1 Å². The summed E-state index contributed by atoms with van der Waals surface area (Å²) >= 11 is 6.16. The Hall–Kier alpha value is -4.17. The number of aromatic carboxylic acids is 1. The van der Waals surface area contributed by atoms with Gasteiger partial charge >= 0.3 is 12.0 Å². The maximum atomic E-state index is 12.8. The highest BCUT2D eigenvalue weighted by atomic mass is 35.5. The van der Waals surface area contributed by atoms with E-state index in [0.717, 1.165) is 4.90 Å². The zero-order valence-corrected chi connectivity index (χ0v) is 16.4. The largest absolute Gasteiger partial charge is 0.478 e. The molecule has 0 aliphatic carbocycles. The first-order valence-electron chi connectivity index (χ1n) is 8.94. The van der Waals surface area contributed by atoms with Crippen LogP contribution >= 0.6 is 11.6 Å². The normalized spacial score (nSPS) is 15.3. The standard InChI is InChI=1S/C22H13ClN2O6/c23-17-8-6-12(21(28)29)10-15(17)18-9-7-14(31-18)11-16-19(26)24-22(30)25(20(16)27)13-4-2-1-3-5-13/h1-11H,(H,28,29)(H,24,26,30)/b16-11+.